The molecule has 7 nitrogen and oxygen atoms in total. The van der Waals surface area contributed by atoms with Crippen LogP contribution in [0.5, 0.6) is 0 Å². The van der Waals surface area contributed by atoms with Crippen molar-refractivity contribution in [1.29, 1.82) is 0 Å². The second kappa shape index (κ2) is 8.52. The van der Waals surface area contributed by atoms with Crippen molar-refractivity contribution < 1.29 is 9.59 Å². The third-order valence-electron chi connectivity index (χ3n) is 7.09. The van der Waals surface area contributed by atoms with Crippen molar-refractivity contribution in [2.75, 3.05) is 28.7 Å². The minimum atomic E-state index is 0.100. The maximum absolute atomic E-state index is 12.5. The number of aryl methyl sites for hydroxylation is 1. The van der Waals surface area contributed by atoms with Gasteiger partial charge in [0, 0.05) is 44.1 Å². The molecule has 7 heteroatoms. The summed E-state index contributed by atoms with van der Waals surface area (Å²) in [5, 5.41) is 3.33. The molecule has 1 aromatic heterocycles. The van der Waals surface area contributed by atoms with Gasteiger partial charge in [0.25, 0.3) is 0 Å². The zero-order chi connectivity index (χ0) is 22.2. The van der Waals surface area contributed by atoms with Crippen LogP contribution in [0.2, 0.25) is 0 Å². The lowest BCUT2D eigenvalue weighted by molar-refractivity contribution is -0.119. The molecule has 32 heavy (non-hydrogen) atoms. The molecule has 2 aromatic rings. The van der Waals surface area contributed by atoms with Gasteiger partial charge in [0.05, 0.1) is 6.20 Å². The molecule has 5 rings (SSSR count). The van der Waals surface area contributed by atoms with Gasteiger partial charge in [0.1, 0.15) is 11.5 Å². The Morgan fingerprint density at radius 2 is 1.97 bits per heavy atom. The first-order valence-corrected chi connectivity index (χ1v) is 11.8. The van der Waals surface area contributed by atoms with Crippen LogP contribution in [0.3, 0.4) is 0 Å². The number of fused-ring (bicyclic) bond motifs is 1. The van der Waals surface area contributed by atoms with E-state index in [9.17, 15) is 9.59 Å². The van der Waals surface area contributed by atoms with E-state index in [0.29, 0.717) is 37.2 Å². The lowest BCUT2D eigenvalue weighted by Gasteiger charge is -2.30. The van der Waals surface area contributed by atoms with Crippen LogP contribution in [0.15, 0.2) is 24.4 Å². The van der Waals surface area contributed by atoms with Crippen molar-refractivity contribution in [3.05, 3.63) is 35.5 Å². The van der Waals surface area contributed by atoms with E-state index in [1.165, 1.54) is 12.8 Å². The molecule has 1 aliphatic heterocycles. The smallest absolute Gasteiger partial charge is 0.229 e. The van der Waals surface area contributed by atoms with Gasteiger partial charge >= 0.3 is 0 Å². The van der Waals surface area contributed by atoms with Crippen LogP contribution >= 0.6 is 0 Å². The second-order valence-corrected chi connectivity index (χ2v) is 9.42. The number of ketones is 1. The number of nitrogens with zero attached hydrogens (tertiary/aromatic N) is 4. The van der Waals surface area contributed by atoms with E-state index in [0.717, 1.165) is 54.0 Å². The predicted octanol–water partition coefficient (Wildman–Crippen LogP) is 4.17. The number of hydrogen-bond acceptors (Lipinski definition) is 6. The summed E-state index contributed by atoms with van der Waals surface area (Å²) in [4.78, 5) is 38.1. The highest BCUT2D eigenvalue weighted by molar-refractivity contribution is 5.97. The SMILES string of the molecule is Cc1cc(Nc2ncc3c(n2)N(C2CCCC2)CCC(=O)N3C)ccc1CC(=O)C1CC1. The number of benzene rings is 1. The minimum Gasteiger partial charge on any atom is -0.351 e. The van der Waals surface area contributed by atoms with Crippen LogP contribution in [-0.4, -0.2) is 41.3 Å². The monoisotopic (exact) mass is 433 g/mol. The molecule has 1 amide bonds. The average Bonchev–Trinajstić information content (AvgIpc) is 3.52. The number of rotatable bonds is 6. The Kier molecular flexibility index (Phi) is 5.57. The summed E-state index contributed by atoms with van der Waals surface area (Å²) in [6.07, 6.45) is 9.60. The Morgan fingerprint density at radius 1 is 1.19 bits per heavy atom. The van der Waals surface area contributed by atoms with E-state index in [1.54, 1.807) is 18.1 Å². The highest BCUT2D eigenvalue weighted by Crippen LogP contribution is 2.36. The number of nitrogens with one attached hydrogen (secondary N) is 1. The molecule has 2 saturated carbocycles. The fourth-order valence-corrected chi connectivity index (χ4v) is 4.91. The number of anilines is 4. The largest absolute Gasteiger partial charge is 0.351 e. The Bertz CT molecular complexity index is 1040. The van der Waals surface area contributed by atoms with Gasteiger partial charge in [-0.3, -0.25) is 9.59 Å². The molecular formula is C25H31N5O2. The summed E-state index contributed by atoms with van der Waals surface area (Å²) in [5.74, 6) is 2.10. The van der Waals surface area contributed by atoms with E-state index in [-0.39, 0.29) is 11.8 Å². The third kappa shape index (κ3) is 4.20. The molecule has 2 aliphatic carbocycles. The quantitative estimate of drug-likeness (QED) is 0.737. The van der Waals surface area contributed by atoms with E-state index in [4.69, 9.17) is 4.98 Å². The highest BCUT2D eigenvalue weighted by atomic mass is 16.2. The van der Waals surface area contributed by atoms with Gasteiger partial charge in [-0.15, -0.1) is 0 Å². The van der Waals surface area contributed by atoms with Crippen molar-refractivity contribution in [2.45, 2.75) is 64.3 Å². The van der Waals surface area contributed by atoms with Gasteiger partial charge in [-0.2, -0.15) is 4.98 Å². The standard InChI is InChI=1S/C25H31N5O2/c1-16-13-19(10-9-18(16)14-22(31)17-7-8-17)27-25-26-15-21-24(28-25)30(20-5-3-4-6-20)12-11-23(32)29(21)2/h9-10,13,15,17,20H,3-8,11-12,14H2,1-2H3,(H,26,27,28). The fourth-order valence-electron chi connectivity index (χ4n) is 4.91. The van der Waals surface area contributed by atoms with Crippen LogP contribution in [0, 0.1) is 12.8 Å². The summed E-state index contributed by atoms with van der Waals surface area (Å²) >= 11 is 0. The number of hydrogen-bond donors (Lipinski definition) is 1. The summed E-state index contributed by atoms with van der Waals surface area (Å²) < 4.78 is 0. The second-order valence-electron chi connectivity index (χ2n) is 9.42. The number of carbonyl (C=O) groups is 2. The molecule has 0 unspecified atom stereocenters. The Morgan fingerprint density at radius 3 is 2.69 bits per heavy atom. The first-order chi connectivity index (χ1) is 15.5. The summed E-state index contributed by atoms with van der Waals surface area (Å²) in [5.41, 5.74) is 3.85. The third-order valence-corrected chi connectivity index (χ3v) is 7.09. The fraction of sp³-hybridized carbons (Fsp3) is 0.520. The maximum atomic E-state index is 12.5. The predicted molar refractivity (Wildman–Crippen MR) is 126 cm³/mol. The van der Waals surface area contributed by atoms with Crippen LogP contribution in [-0.2, 0) is 16.0 Å². The topological polar surface area (TPSA) is 78.4 Å². The lowest BCUT2D eigenvalue weighted by atomic mass is 10.0. The number of amides is 1. The van der Waals surface area contributed by atoms with Gasteiger partial charge in [-0.25, -0.2) is 4.98 Å². The van der Waals surface area contributed by atoms with Gasteiger partial charge < -0.3 is 15.1 Å². The van der Waals surface area contributed by atoms with E-state index >= 15 is 0 Å². The normalized spacial score (nSPS) is 19.1. The van der Waals surface area contributed by atoms with E-state index in [1.807, 2.05) is 19.1 Å². The summed E-state index contributed by atoms with van der Waals surface area (Å²) in [6, 6.07) is 6.50. The molecule has 0 atom stereocenters. The van der Waals surface area contributed by atoms with Crippen LogP contribution in [0.25, 0.3) is 0 Å². The molecule has 2 fully saturated rings. The molecule has 0 spiro atoms. The number of aromatic nitrogens is 2. The molecule has 2 heterocycles. The van der Waals surface area contributed by atoms with Crippen molar-refractivity contribution in [1.82, 2.24) is 9.97 Å². The van der Waals surface area contributed by atoms with Crippen LogP contribution < -0.4 is 15.1 Å². The molecule has 3 aliphatic rings. The van der Waals surface area contributed by atoms with Gasteiger partial charge in [0.2, 0.25) is 11.9 Å². The van der Waals surface area contributed by atoms with Gasteiger partial charge in [0.15, 0.2) is 5.82 Å². The Labute approximate surface area is 189 Å². The molecular weight excluding hydrogens is 402 g/mol. The molecule has 0 radical (unpaired) electrons. The van der Waals surface area contributed by atoms with Crippen molar-refractivity contribution in [2.24, 2.45) is 5.92 Å². The van der Waals surface area contributed by atoms with Crippen molar-refractivity contribution in [3.8, 4) is 0 Å². The zero-order valence-electron chi connectivity index (χ0n) is 18.9. The molecule has 1 N–H and O–H groups in total. The van der Waals surface area contributed by atoms with E-state index < -0.39 is 0 Å². The molecule has 1 aromatic carbocycles. The van der Waals surface area contributed by atoms with Crippen LogP contribution in [0.1, 0.15) is 56.1 Å². The lowest BCUT2D eigenvalue weighted by Crippen LogP contribution is -2.34. The molecule has 0 saturated heterocycles. The highest BCUT2D eigenvalue weighted by Gasteiger charge is 2.32. The average molecular weight is 434 g/mol. The Balaban J connectivity index is 1.39. The zero-order valence-corrected chi connectivity index (χ0v) is 18.9. The Hall–Kier alpha value is -2.96. The first kappa shape index (κ1) is 20.9. The maximum Gasteiger partial charge on any atom is 0.229 e. The van der Waals surface area contributed by atoms with Crippen LogP contribution in [0.4, 0.5) is 23.1 Å². The van der Waals surface area contributed by atoms with Crippen molar-refractivity contribution >= 4 is 34.8 Å². The van der Waals surface area contributed by atoms with Gasteiger partial charge in [-0.1, -0.05) is 18.9 Å². The summed E-state index contributed by atoms with van der Waals surface area (Å²) in [7, 11) is 1.81. The summed E-state index contributed by atoms with van der Waals surface area (Å²) in [6.45, 7) is 2.74. The van der Waals surface area contributed by atoms with Crippen molar-refractivity contribution in [3.63, 3.8) is 0 Å². The number of carbonyl (C=O) groups excluding carboxylic acids is 2. The number of Topliss-reactive ketones (excluding diaryl/α,β-unsaturated/α-hetero) is 1. The minimum absolute atomic E-state index is 0.100. The first-order valence-electron chi connectivity index (χ1n) is 11.8. The molecule has 168 valence electrons. The van der Waals surface area contributed by atoms with E-state index in [2.05, 4.69) is 21.3 Å². The molecule has 0 bridgehead atoms. The van der Waals surface area contributed by atoms with Gasteiger partial charge in [-0.05, 0) is 55.9 Å².